The molecule has 1 saturated heterocycles. The Kier molecular flexibility index (Phi) is 9.52. The van der Waals surface area contributed by atoms with Crippen molar-refractivity contribution in [3.63, 3.8) is 0 Å². The minimum atomic E-state index is -3.24. The number of piperidine rings is 1. The van der Waals surface area contributed by atoms with Gasteiger partial charge in [0.2, 0.25) is 10.0 Å². The maximum absolute atomic E-state index is 12.8. The van der Waals surface area contributed by atoms with E-state index in [2.05, 4.69) is 16.7 Å². The van der Waals surface area contributed by atoms with E-state index in [4.69, 9.17) is 23.2 Å². The number of anilines is 1. The summed E-state index contributed by atoms with van der Waals surface area (Å²) in [5.41, 5.74) is 4.08. The van der Waals surface area contributed by atoms with Gasteiger partial charge in [0.1, 0.15) is 0 Å². The number of amides is 2. The van der Waals surface area contributed by atoms with Gasteiger partial charge in [-0.15, -0.1) is 0 Å². The number of hydrogen-bond donors (Lipinski definition) is 2. The van der Waals surface area contributed by atoms with Gasteiger partial charge in [-0.3, -0.25) is 0 Å². The molecular weight excluding hydrogens is 555 g/mol. The molecule has 0 bridgehead atoms. The highest BCUT2D eigenvalue weighted by Gasteiger charge is 2.32. The van der Waals surface area contributed by atoms with Gasteiger partial charge in [-0.25, -0.2) is 17.5 Å². The molecule has 0 saturated carbocycles. The Morgan fingerprint density at radius 3 is 2.31 bits per heavy atom. The molecule has 1 aliphatic heterocycles. The van der Waals surface area contributed by atoms with Gasteiger partial charge in [0, 0.05) is 41.3 Å². The number of halogens is 2. The molecule has 1 aliphatic rings. The molecule has 1 unspecified atom stereocenters. The second-order valence-corrected chi connectivity index (χ2v) is 12.7. The van der Waals surface area contributed by atoms with Gasteiger partial charge in [-0.1, -0.05) is 59.6 Å². The normalized spacial score (nSPS) is 15.3. The highest BCUT2D eigenvalue weighted by atomic mass is 35.5. The van der Waals surface area contributed by atoms with Crippen molar-refractivity contribution in [3.05, 3.63) is 87.9 Å². The SMILES string of the molecule is CCS(=O)(=O)N1CCC(C(CNC(=O)Nc2cc(Cl)cc(Cl)c2)c2ccc(-c3cccc(C#N)c3)cc2)CC1. The number of carbonyl (C=O) groups is 1. The number of carbonyl (C=O) groups excluding carboxylic acids is 1. The van der Waals surface area contributed by atoms with Crippen molar-refractivity contribution in [2.24, 2.45) is 5.92 Å². The Hall–Kier alpha value is -3.09. The molecule has 204 valence electrons. The Labute approximate surface area is 239 Å². The van der Waals surface area contributed by atoms with Crippen molar-refractivity contribution in [3.8, 4) is 17.2 Å². The zero-order valence-electron chi connectivity index (χ0n) is 21.5. The number of nitrogens with one attached hydrogen (secondary N) is 2. The number of rotatable bonds is 8. The standard InChI is InChI=1S/C29H30Cl2N4O3S/c1-2-39(37,38)35-12-10-23(11-13-35)28(19-33-29(36)34-27-16-25(30)15-26(31)17-27)22-8-6-21(7-9-22)24-5-3-4-20(14-24)18-32/h3-9,14-17,23,28H,2,10-13,19H2,1H3,(H2,33,34,36). The van der Waals surface area contributed by atoms with Crippen LogP contribution >= 0.6 is 23.2 Å². The van der Waals surface area contributed by atoms with Gasteiger partial charge in [-0.05, 0) is 72.7 Å². The van der Waals surface area contributed by atoms with Crippen LogP contribution in [-0.4, -0.2) is 44.1 Å². The van der Waals surface area contributed by atoms with Crippen LogP contribution < -0.4 is 10.6 Å². The molecule has 0 spiro atoms. The van der Waals surface area contributed by atoms with E-state index < -0.39 is 10.0 Å². The lowest BCUT2D eigenvalue weighted by Crippen LogP contribution is -2.42. The zero-order valence-corrected chi connectivity index (χ0v) is 23.9. The van der Waals surface area contributed by atoms with Crippen LogP contribution in [0.2, 0.25) is 10.0 Å². The van der Waals surface area contributed by atoms with E-state index in [0.29, 0.717) is 53.8 Å². The van der Waals surface area contributed by atoms with Crippen LogP contribution in [0.15, 0.2) is 66.7 Å². The second-order valence-electron chi connectivity index (χ2n) is 9.55. The van der Waals surface area contributed by atoms with Crippen LogP contribution in [0.3, 0.4) is 0 Å². The van der Waals surface area contributed by atoms with E-state index in [1.807, 2.05) is 42.5 Å². The molecule has 7 nitrogen and oxygen atoms in total. The summed E-state index contributed by atoms with van der Waals surface area (Å²) in [6.45, 7) is 2.95. The molecule has 1 atom stereocenters. The average molecular weight is 586 g/mol. The highest BCUT2D eigenvalue weighted by molar-refractivity contribution is 7.89. The third-order valence-corrected chi connectivity index (χ3v) is 9.41. The van der Waals surface area contributed by atoms with E-state index in [0.717, 1.165) is 16.7 Å². The van der Waals surface area contributed by atoms with Crippen LogP contribution in [0.5, 0.6) is 0 Å². The minimum absolute atomic E-state index is 0.0235. The first-order valence-electron chi connectivity index (χ1n) is 12.8. The number of nitrogens with zero attached hydrogens (tertiary/aromatic N) is 2. The number of sulfonamides is 1. The lowest BCUT2D eigenvalue weighted by Gasteiger charge is -2.35. The van der Waals surface area contributed by atoms with Crippen molar-refractivity contribution >= 4 is 44.9 Å². The summed E-state index contributed by atoms with van der Waals surface area (Å²) < 4.78 is 26.3. The lowest BCUT2D eigenvalue weighted by molar-refractivity contribution is 0.233. The number of hydrogen-bond acceptors (Lipinski definition) is 4. The van der Waals surface area contributed by atoms with Crippen molar-refractivity contribution in [1.82, 2.24) is 9.62 Å². The predicted molar refractivity (Wildman–Crippen MR) is 157 cm³/mol. The van der Waals surface area contributed by atoms with Crippen molar-refractivity contribution in [2.75, 3.05) is 30.7 Å². The van der Waals surface area contributed by atoms with Crippen molar-refractivity contribution in [1.29, 1.82) is 5.26 Å². The average Bonchev–Trinajstić information content (AvgIpc) is 2.93. The quantitative estimate of drug-likeness (QED) is 0.315. The first-order chi connectivity index (χ1) is 18.7. The van der Waals surface area contributed by atoms with Crippen LogP contribution in [0.1, 0.15) is 36.8 Å². The van der Waals surface area contributed by atoms with E-state index in [1.165, 1.54) is 0 Å². The van der Waals surface area contributed by atoms with E-state index in [9.17, 15) is 18.5 Å². The first-order valence-corrected chi connectivity index (χ1v) is 15.1. The lowest BCUT2D eigenvalue weighted by atomic mass is 9.80. The highest BCUT2D eigenvalue weighted by Crippen LogP contribution is 2.34. The minimum Gasteiger partial charge on any atom is -0.337 e. The van der Waals surface area contributed by atoms with Gasteiger partial charge in [0.05, 0.1) is 17.4 Å². The molecule has 1 fully saturated rings. The smallest absolute Gasteiger partial charge is 0.319 e. The largest absolute Gasteiger partial charge is 0.337 e. The summed E-state index contributed by atoms with van der Waals surface area (Å²) in [7, 11) is -3.24. The van der Waals surface area contributed by atoms with Crippen molar-refractivity contribution < 1.29 is 13.2 Å². The zero-order chi connectivity index (χ0) is 28.0. The fourth-order valence-electron chi connectivity index (χ4n) is 4.99. The fraction of sp³-hybridized carbons (Fsp3) is 0.310. The summed E-state index contributed by atoms with van der Waals surface area (Å²) >= 11 is 12.1. The van der Waals surface area contributed by atoms with E-state index >= 15 is 0 Å². The summed E-state index contributed by atoms with van der Waals surface area (Å²) in [4.78, 5) is 12.8. The van der Waals surface area contributed by atoms with Crippen LogP contribution in [0.25, 0.3) is 11.1 Å². The molecule has 39 heavy (non-hydrogen) atoms. The van der Waals surface area contributed by atoms with Gasteiger partial charge in [0.15, 0.2) is 0 Å². The van der Waals surface area contributed by atoms with Gasteiger partial charge < -0.3 is 10.6 Å². The number of benzene rings is 3. The van der Waals surface area contributed by atoms with Gasteiger partial charge in [0.25, 0.3) is 0 Å². The maximum atomic E-state index is 12.8. The molecule has 2 amide bonds. The Morgan fingerprint density at radius 1 is 1.03 bits per heavy atom. The Morgan fingerprint density at radius 2 is 1.69 bits per heavy atom. The van der Waals surface area contributed by atoms with E-state index in [1.54, 1.807) is 35.5 Å². The fourth-order valence-corrected chi connectivity index (χ4v) is 6.65. The Balaban J connectivity index is 1.52. The Bertz CT molecular complexity index is 1440. The molecular formula is C29H30Cl2N4O3S. The topological polar surface area (TPSA) is 102 Å². The summed E-state index contributed by atoms with van der Waals surface area (Å²) in [5, 5.41) is 15.8. The summed E-state index contributed by atoms with van der Waals surface area (Å²) in [6.07, 6.45) is 1.39. The van der Waals surface area contributed by atoms with E-state index in [-0.39, 0.29) is 23.6 Å². The molecule has 0 radical (unpaired) electrons. The van der Waals surface area contributed by atoms with Gasteiger partial charge in [-0.2, -0.15) is 5.26 Å². The van der Waals surface area contributed by atoms with Crippen LogP contribution in [0, 0.1) is 17.2 Å². The summed E-state index contributed by atoms with van der Waals surface area (Å²) in [6, 6.07) is 22.2. The first kappa shape index (κ1) is 28.9. The molecule has 0 aliphatic carbocycles. The molecule has 1 heterocycles. The molecule has 0 aromatic heterocycles. The molecule has 10 heteroatoms. The number of nitriles is 1. The molecule has 4 rings (SSSR count). The number of urea groups is 1. The second kappa shape index (κ2) is 12.8. The maximum Gasteiger partial charge on any atom is 0.319 e. The van der Waals surface area contributed by atoms with Gasteiger partial charge >= 0.3 is 6.03 Å². The molecule has 3 aromatic carbocycles. The predicted octanol–water partition coefficient (Wildman–Crippen LogP) is 6.50. The van der Waals surface area contributed by atoms with Crippen LogP contribution in [-0.2, 0) is 10.0 Å². The molecule has 2 N–H and O–H groups in total. The summed E-state index contributed by atoms with van der Waals surface area (Å²) in [5.74, 6) is 0.247. The molecule has 3 aromatic rings. The third-order valence-electron chi connectivity index (χ3n) is 7.09. The third kappa shape index (κ3) is 7.52. The monoisotopic (exact) mass is 584 g/mol. The van der Waals surface area contributed by atoms with Crippen molar-refractivity contribution in [2.45, 2.75) is 25.7 Å². The van der Waals surface area contributed by atoms with Crippen LogP contribution in [0.4, 0.5) is 10.5 Å².